The molecule has 3 aromatic rings. The van der Waals surface area contributed by atoms with Crippen LogP contribution in [0.3, 0.4) is 0 Å². The summed E-state index contributed by atoms with van der Waals surface area (Å²) in [5, 5.41) is 12.7. The Balaban J connectivity index is 2.11. The predicted molar refractivity (Wildman–Crippen MR) is 96.2 cm³/mol. The molecule has 0 saturated carbocycles. The summed E-state index contributed by atoms with van der Waals surface area (Å²) in [5.74, 6) is -0.529. The van der Waals surface area contributed by atoms with E-state index in [0.717, 1.165) is 21.0 Å². The van der Waals surface area contributed by atoms with Crippen molar-refractivity contribution in [2.45, 2.75) is 11.4 Å². The van der Waals surface area contributed by atoms with Crippen LogP contribution in [-0.2, 0) is 16.6 Å². The topological polar surface area (TPSA) is 79.6 Å². The summed E-state index contributed by atoms with van der Waals surface area (Å²) in [6.07, 6.45) is 0.279. The lowest BCUT2D eigenvalue weighted by Crippen LogP contribution is -2.23. The van der Waals surface area contributed by atoms with E-state index in [9.17, 15) is 17.6 Å². The van der Waals surface area contributed by atoms with Crippen LogP contribution in [0.25, 0.3) is 11.3 Å². The first kappa shape index (κ1) is 18.2. The smallest absolute Gasteiger partial charge is 0.407 e. The molecule has 9 heteroatoms. The summed E-state index contributed by atoms with van der Waals surface area (Å²) < 4.78 is 40.3. The third-order valence-corrected chi connectivity index (χ3v) is 6.15. The van der Waals surface area contributed by atoms with Crippen molar-refractivity contribution in [3.05, 3.63) is 64.7 Å². The number of carbonyl (C=O) groups is 1. The highest BCUT2D eigenvalue weighted by Crippen LogP contribution is 2.29. The third kappa shape index (κ3) is 3.49. The lowest BCUT2D eigenvalue weighted by molar-refractivity contribution is 0.154. The fourth-order valence-electron chi connectivity index (χ4n) is 2.46. The first-order valence-electron chi connectivity index (χ1n) is 7.48. The Bertz CT molecular complexity index is 1030. The molecule has 1 N–H and O–H groups in total. The minimum atomic E-state index is -3.96. The van der Waals surface area contributed by atoms with Gasteiger partial charge in [-0.15, -0.1) is 0 Å². The second-order valence-electron chi connectivity index (χ2n) is 5.64. The molecule has 0 fully saturated rings. The predicted octanol–water partition coefficient (Wildman–Crippen LogP) is 3.70. The van der Waals surface area contributed by atoms with Gasteiger partial charge in [0.15, 0.2) is 0 Å². The van der Waals surface area contributed by atoms with Crippen LogP contribution in [0.5, 0.6) is 0 Å². The number of hydrogen-bond acceptors (Lipinski definition) is 4. The Hall–Kier alpha value is -2.65. The first-order chi connectivity index (χ1) is 12.3. The number of aromatic nitrogens is 1. The molecule has 6 nitrogen and oxygen atoms in total. The molecule has 0 aliphatic rings. The molecule has 0 aliphatic heterocycles. The maximum atomic E-state index is 13.1. The van der Waals surface area contributed by atoms with Crippen molar-refractivity contribution in [2.24, 2.45) is 0 Å². The zero-order valence-electron chi connectivity index (χ0n) is 13.7. The molecule has 2 aromatic heterocycles. The molecule has 0 saturated heterocycles. The quantitative estimate of drug-likeness (QED) is 0.716. The van der Waals surface area contributed by atoms with Crippen LogP contribution in [-0.4, -0.2) is 35.5 Å². The van der Waals surface area contributed by atoms with Crippen molar-refractivity contribution < 1.29 is 22.7 Å². The number of carboxylic acid groups (broad SMARTS) is 1. The van der Waals surface area contributed by atoms with Crippen molar-refractivity contribution in [2.75, 3.05) is 7.05 Å². The molecule has 136 valence electrons. The number of nitrogens with zero attached hydrogens (tertiary/aromatic N) is 2. The third-order valence-electron chi connectivity index (χ3n) is 3.78. The molecule has 2 heterocycles. The summed E-state index contributed by atoms with van der Waals surface area (Å²) in [6, 6.07) is 7.99. The fraction of sp³-hybridized carbons (Fsp3) is 0.118. The molecule has 0 radical (unpaired) electrons. The lowest BCUT2D eigenvalue weighted by Gasteiger charge is -2.11. The normalized spacial score (nSPS) is 11.5. The van der Waals surface area contributed by atoms with Gasteiger partial charge in [0.1, 0.15) is 5.82 Å². The Morgan fingerprint density at radius 2 is 1.96 bits per heavy atom. The van der Waals surface area contributed by atoms with E-state index < -0.39 is 21.9 Å². The molecular weight excluding hydrogens is 379 g/mol. The van der Waals surface area contributed by atoms with E-state index >= 15 is 0 Å². The highest BCUT2D eigenvalue weighted by Gasteiger charge is 2.23. The average molecular weight is 394 g/mol. The fourth-order valence-corrected chi connectivity index (χ4v) is 4.51. The van der Waals surface area contributed by atoms with E-state index in [4.69, 9.17) is 5.11 Å². The highest BCUT2D eigenvalue weighted by molar-refractivity contribution is 7.90. The van der Waals surface area contributed by atoms with Crippen molar-refractivity contribution in [1.82, 2.24) is 8.87 Å². The molecular formula is C17H15FN2O4S2. The van der Waals surface area contributed by atoms with Crippen molar-refractivity contribution in [3.8, 4) is 11.3 Å². The first-order valence-corrected chi connectivity index (χ1v) is 9.86. The number of thiophene rings is 1. The number of benzene rings is 1. The zero-order chi connectivity index (χ0) is 18.9. The Kier molecular flexibility index (Phi) is 4.84. The van der Waals surface area contributed by atoms with E-state index in [-0.39, 0.29) is 11.4 Å². The number of amides is 1. The Morgan fingerprint density at radius 3 is 2.54 bits per heavy atom. The van der Waals surface area contributed by atoms with Crippen LogP contribution < -0.4 is 0 Å². The molecule has 0 spiro atoms. The van der Waals surface area contributed by atoms with E-state index in [1.807, 2.05) is 5.38 Å². The van der Waals surface area contributed by atoms with Gasteiger partial charge in [-0.1, -0.05) is 0 Å². The summed E-state index contributed by atoms with van der Waals surface area (Å²) in [6.45, 7) is 0.0401. The molecule has 0 unspecified atom stereocenters. The summed E-state index contributed by atoms with van der Waals surface area (Å²) in [5.41, 5.74) is 1.65. The molecule has 0 atom stereocenters. The van der Waals surface area contributed by atoms with Gasteiger partial charge in [0.2, 0.25) is 0 Å². The Labute approximate surface area is 153 Å². The van der Waals surface area contributed by atoms with Gasteiger partial charge in [-0.2, -0.15) is 11.3 Å². The van der Waals surface area contributed by atoms with Crippen molar-refractivity contribution in [1.29, 1.82) is 0 Å². The van der Waals surface area contributed by atoms with Gasteiger partial charge in [-0.05, 0) is 47.3 Å². The summed E-state index contributed by atoms with van der Waals surface area (Å²) in [4.78, 5) is 12.0. The van der Waals surface area contributed by atoms with Gasteiger partial charge in [0.05, 0.1) is 17.1 Å². The minimum absolute atomic E-state index is 0.0401. The number of halogens is 1. The van der Waals surface area contributed by atoms with Gasteiger partial charge in [-0.25, -0.2) is 21.6 Å². The molecule has 0 bridgehead atoms. The van der Waals surface area contributed by atoms with Crippen LogP contribution in [0.2, 0.25) is 0 Å². The van der Waals surface area contributed by atoms with E-state index in [1.165, 1.54) is 36.7 Å². The maximum Gasteiger partial charge on any atom is 0.407 e. The van der Waals surface area contributed by atoms with Crippen molar-refractivity contribution >= 4 is 27.5 Å². The molecule has 26 heavy (non-hydrogen) atoms. The second kappa shape index (κ2) is 6.93. The average Bonchev–Trinajstić information content (AvgIpc) is 3.24. The van der Waals surface area contributed by atoms with Gasteiger partial charge >= 0.3 is 6.09 Å². The minimum Gasteiger partial charge on any atom is -0.465 e. The Morgan fingerprint density at radius 1 is 1.27 bits per heavy atom. The van der Waals surface area contributed by atoms with Crippen molar-refractivity contribution in [3.63, 3.8) is 0 Å². The van der Waals surface area contributed by atoms with Gasteiger partial charge in [0, 0.05) is 24.2 Å². The molecule has 0 aliphatic carbocycles. The zero-order valence-corrected chi connectivity index (χ0v) is 15.3. The van der Waals surface area contributed by atoms with Crippen LogP contribution in [0.15, 0.2) is 58.3 Å². The van der Waals surface area contributed by atoms with E-state index in [2.05, 4.69) is 0 Å². The standard InChI is InChI=1S/C17H15FN2O4S2/c1-19(17(21)22)9-12-8-16(13-6-7-25-11-13)20(10-12)26(23,24)15-4-2-14(18)3-5-15/h2-8,10-11H,9H2,1H3,(H,21,22). The van der Waals surface area contributed by atoms with Crippen LogP contribution in [0.4, 0.5) is 9.18 Å². The van der Waals surface area contributed by atoms with E-state index in [0.29, 0.717) is 16.8 Å². The molecule has 3 rings (SSSR count). The van der Waals surface area contributed by atoms with Gasteiger partial charge < -0.3 is 10.0 Å². The lowest BCUT2D eigenvalue weighted by atomic mass is 10.2. The highest BCUT2D eigenvalue weighted by atomic mass is 32.2. The molecule has 1 amide bonds. The monoisotopic (exact) mass is 394 g/mol. The number of hydrogen-bond donors (Lipinski definition) is 1. The molecule has 1 aromatic carbocycles. The summed E-state index contributed by atoms with van der Waals surface area (Å²) in [7, 11) is -2.56. The van der Waals surface area contributed by atoms with Crippen LogP contribution in [0.1, 0.15) is 5.56 Å². The maximum absolute atomic E-state index is 13.1. The van der Waals surface area contributed by atoms with E-state index in [1.54, 1.807) is 17.5 Å². The van der Waals surface area contributed by atoms with Gasteiger partial charge in [-0.3, -0.25) is 0 Å². The SMILES string of the molecule is CN(Cc1cc(-c2ccsc2)n(S(=O)(=O)c2ccc(F)cc2)c1)C(=O)O. The number of rotatable bonds is 5. The van der Waals surface area contributed by atoms with Crippen LogP contribution in [0, 0.1) is 5.82 Å². The van der Waals surface area contributed by atoms with Crippen LogP contribution >= 0.6 is 11.3 Å². The summed E-state index contributed by atoms with van der Waals surface area (Å²) >= 11 is 1.42. The largest absolute Gasteiger partial charge is 0.465 e. The second-order valence-corrected chi connectivity index (χ2v) is 8.23. The van der Waals surface area contributed by atoms with Gasteiger partial charge in [0.25, 0.3) is 10.0 Å².